The van der Waals surface area contributed by atoms with Crippen LogP contribution in [0.2, 0.25) is 5.02 Å². The third-order valence-corrected chi connectivity index (χ3v) is 3.77. The average Bonchev–Trinajstić information content (AvgIpc) is 2.55. The maximum atomic E-state index is 12.3. The Morgan fingerprint density at radius 2 is 1.70 bits per heavy atom. The zero-order valence-corrected chi connectivity index (χ0v) is 13.9. The van der Waals surface area contributed by atoms with Crippen molar-refractivity contribution in [1.82, 2.24) is 5.32 Å². The molecule has 0 aromatic heterocycles. The number of hydrogen-bond acceptors (Lipinski definition) is 2. The molecule has 0 radical (unpaired) electrons. The summed E-state index contributed by atoms with van der Waals surface area (Å²) in [5.74, 6) is -0.489. The van der Waals surface area contributed by atoms with Crippen LogP contribution in [0.25, 0.3) is 0 Å². The Morgan fingerprint density at radius 1 is 1.04 bits per heavy atom. The average molecular weight is 331 g/mol. The summed E-state index contributed by atoms with van der Waals surface area (Å²) in [7, 11) is 0. The lowest BCUT2D eigenvalue weighted by Crippen LogP contribution is -2.32. The summed E-state index contributed by atoms with van der Waals surface area (Å²) in [4.78, 5) is 24.6. The first-order valence-corrected chi connectivity index (χ1v) is 7.86. The lowest BCUT2D eigenvalue weighted by molar-refractivity contribution is 0.0940. The normalized spacial score (nSPS) is 11.6. The number of amides is 2. The van der Waals surface area contributed by atoms with Crippen LogP contribution in [0.3, 0.4) is 0 Å². The molecule has 0 aliphatic heterocycles. The first-order valence-electron chi connectivity index (χ1n) is 7.48. The van der Waals surface area contributed by atoms with Gasteiger partial charge in [0.2, 0.25) is 0 Å². The molecule has 4 nitrogen and oxygen atoms in total. The SMILES string of the molecule is CC[C@@H](C)NC(=O)c1ccccc1NC(=O)c1ccc(Cl)cc1. The van der Waals surface area contributed by atoms with E-state index in [2.05, 4.69) is 10.6 Å². The number of hydrogen-bond donors (Lipinski definition) is 2. The zero-order chi connectivity index (χ0) is 16.8. The monoisotopic (exact) mass is 330 g/mol. The molecule has 0 unspecified atom stereocenters. The number of rotatable bonds is 5. The molecule has 120 valence electrons. The summed E-state index contributed by atoms with van der Waals surface area (Å²) < 4.78 is 0. The van der Waals surface area contributed by atoms with Crippen LogP contribution >= 0.6 is 11.6 Å². The largest absolute Gasteiger partial charge is 0.350 e. The van der Waals surface area contributed by atoms with Gasteiger partial charge in [0.1, 0.15) is 0 Å². The van der Waals surface area contributed by atoms with Crippen LogP contribution in [0, 0.1) is 0 Å². The van der Waals surface area contributed by atoms with Gasteiger partial charge in [0.05, 0.1) is 11.3 Å². The Kier molecular flexibility index (Phi) is 5.77. The quantitative estimate of drug-likeness (QED) is 0.866. The molecule has 2 amide bonds. The fourth-order valence-electron chi connectivity index (χ4n) is 1.99. The first-order chi connectivity index (χ1) is 11.0. The molecule has 2 N–H and O–H groups in total. The third kappa shape index (κ3) is 4.57. The van der Waals surface area contributed by atoms with E-state index in [0.29, 0.717) is 21.8 Å². The molecule has 2 aromatic rings. The van der Waals surface area contributed by atoms with Gasteiger partial charge in [-0.05, 0) is 49.7 Å². The zero-order valence-electron chi connectivity index (χ0n) is 13.1. The smallest absolute Gasteiger partial charge is 0.255 e. The summed E-state index contributed by atoms with van der Waals surface area (Å²) >= 11 is 5.82. The van der Waals surface area contributed by atoms with Gasteiger partial charge in [0.25, 0.3) is 11.8 Å². The van der Waals surface area contributed by atoms with Gasteiger partial charge in [-0.25, -0.2) is 0 Å². The Bertz CT molecular complexity index is 698. The Morgan fingerprint density at radius 3 is 2.35 bits per heavy atom. The molecule has 0 aliphatic carbocycles. The second-order valence-electron chi connectivity index (χ2n) is 5.29. The van der Waals surface area contributed by atoms with Crippen molar-refractivity contribution < 1.29 is 9.59 Å². The minimum atomic E-state index is -0.287. The van der Waals surface area contributed by atoms with Crippen LogP contribution in [0.5, 0.6) is 0 Å². The maximum Gasteiger partial charge on any atom is 0.255 e. The Labute approximate surface area is 140 Å². The van der Waals surface area contributed by atoms with E-state index in [4.69, 9.17) is 11.6 Å². The minimum Gasteiger partial charge on any atom is -0.350 e. The van der Waals surface area contributed by atoms with E-state index in [1.165, 1.54) is 0 Å². The van der Waals surface area contributed by atoms with Gasteiger partial charge in [0, 0.05) is 16.6 Å². The number of halogens is 1. The van der Waals surface area contributed by atoms with E-state index < -0.39 is 0 Å². The van der Waals surface area contributed by atoms with E-state index >= 15 is 0 Å². The second kappa shape index (κ2) is 7.79. The first kappa shape index (κ1) is 17.0. The molecule has 2 aromatic carbocycles. The fraction of sp³-hybridized carbons (Fsp3) is 0.222. The van der Waals surface area contributed by atoms with E-state index in [0.717, 1.165) is 6.42 Å². The summed E-state index contributed by atoms with van der Waals surface area (Å²) in [5, 5.41) is 6.24. The van der Waals surface area contributed by atoms with Crippen LogP contribution in [0.1, 0.15) is 41.0 Å². The van der Waals surface area contributed by atoms with Crippen molar-refractivity contribution in [2.75, 3.05) is 5.32 Å². The molecule has 0 bridgehead atoms. The van der Waals surface area contributed by atoms with Crippen molar-refractivity contribution in [2.24, 2.45) is 0 Å². The highest BCUT2D eigenvalue weighted by molar-refractivity contribution is 6.30. The molecule has 0 saturated carbocycles. The topological polar surface area (TPSA) is 58.2 Å². The van der Waals surface area contributed by atoms with E-state index in [-0.39, 0.29) is 17.9 Å². The van der Waals surface area contributed by atoms with Gasteiger partial charge in [-0.1, -0.05) is 30.7 Å². The van der Waals surface area contributed by atoms with Crippen molar-refractivity contribution in [3.05, 3.63) is 64.7 Å². The molecular formula is C18H19ClN2O2. The summed E-state index contributed by atoms with van der Waals surface area (Å²) in [6.07, 6.45) is 0.838. The number of carbonyl (C=O) groups is 2. The second-order valence-corrected chi connectivity index (χ2v) is 5.73. The third-order valence-electron chi connectivity index (χ3n) is 3.52. The number of anilines is 1. The molecule has 0 saturated heterocycles. The van der Waals surface area contributed by atoms with Gasteiger partial charge in [-0.2, -0.15) is 0 Å². The summed E-state index contributed by atoms with van der Waals surface area (Å²) in [5.41, 5.74) is 1.40. The molecule has 1 atom stereocenters. The van der Waals surface area contributed by atoms with Crippen LogP contribution in [0.4, 0.5) is 5.69 Å². The van der Waals surface area contributed by atoms with Gasteiger partial charge in [-0.3, -0.25) is 9.59 Å². The molecule has 5 heteroatoms. The summed E-state index contributed by atoms with van der Waals surface area (Å²) in [6, 6.07) is 13.6. The molecule has 0 fully saturated rings. The van der Waals surface area contributed by atoms with E-state index in [9.17, 15) is 9.59 Å². The number of para-hydroxylation sites is 1. The molecule has 0 heterocycles. The molecule has 0 aliphatic rings. The van der Waals surface area contributed by atoms with Crippen LogP contribution in [-0.2, 0) is 0 Å². The van der Waals surface area contributed by atoms with Gasteiger partial charge < -0.3 is 10.6 Å². The summed E-state index contributed by atoms with van der Waals surface area (Å²) in [6.45, 7) is 3.94. The molecule has 23 heavy (non-hydrogen) atoms. The standard InChI is InChI=1S/C18H19ClN2O2/c1-3-12(2)20-18(23)15-6-4-5-7-16(15)21-17(22)13-8-10-14(19)11-9-13/h4-12H,3H2,1-2H3,(H,20,23)(H,21,22)/t12-/m1/s1. The lowest BCUT2D eigenvalue weighted by Gasteiger charge is -2.14. The molecule has 0 spiro atoms. The number of nitrogens with one attached hydrogen (secondary N) is 2. The Balaban J connectivity index is 2.18. The Hall–Kier alpha value is -2.33. The van der Waals surface area contributed by atoms with Gasteiger partial charge in [-0.15, -0.1) is 0 Å². The predicted octanol–water partition coefficient (Wildman–Crippen LogP) is 4.12. The highest BCUT2D eigenvalue weighted by atomic mass is 35.5. The molecular weight excluding hydrogens is 312 g/mol. The van der Waals surface area contributed by atoms with Crippen molar-refractivity contribution in [1.29, 1.82) is 0 Å². The van der Waals surface area contributed by atoms with Gasteiger partial charge in [0.15, 0.2) is 0 Å². The van der Waals surface area contributed by atoms with Crippen LogP contribution in [0.15, 0.2) is 48.5 Å². The van der Waals surface area contributed by atoms with Crippen LogP contribution in [-0.4, -0.2) is 17.9 Å². The molecule has 2 rings (SSSR count). The maximum absolute atomic E-state index is 12.3. The number of carbonyl (C=O) groups excluding carboxylic acids is 2. The lowest BCUT2D eigenvalue weighted by atomic mass is 10.1. The highest BCUT2D eigenvalue weighted by Crippen LogP contribution is 2.17. The fourth-order valence-corrected chi connectivity index (χ4v) is 2.12. The van der Waals surface area contributed by atoms with Gasteiger partial charge >= 0.3 is 0 Å². The predicted molar refractivity (Wildman–Crippen MR) is 93.1 cm³/mol. The van der Waals surface area contributed by atoms with Crippen molar-refractivity contribution in [3.8, 4) is 0 Å². The minimum absolute atomic E-state index is 0.0718. The van der Waals surface area contributed by atoms with E-state index in [1.54, 1.807) is 48.5 Å². The van der Waals surface area contributed by atoms with Crippen molar-refractivity contribution in [3.63, 3.8) is 0 Å². The van der Waals surface area contributed by atoms with Crippen molar-refractivity contribution >= 4 is 29.1 Å². The highest BCUT2D eigenvalue weighted by Gasteiger charge is 2.15. The van der Waals surface area contributed by atoms with E-state index in [1.807, 2.05) is 13.8 Å². The number of benzene rings is 2. The van der Waals surface area contributed by atoms with Crippen LogP contribution < -0.4 is 10.6 Å². The van der Waals surface area contributed by atoms with Crippen molar-refractivity contribution in [2.45, 2.75) is 26.3 Å².